The van der Waals surface area contributed by atoms with Gasteiger partial charge >= 0.3 is 0 Å². The summed E-state index contributed by atoms with van der Waals surface area (Å²) in [6.45, 7) is 5.83. The fourth-order valence-electron chi connectivity index (χ4n) is 3.91. The molecular formula is C21H26N2O2. The van der Waals surface area contributed by atoms with E-state index in [-0.39, 0.29) is 6.04 Å². The number of nitrogens with zero attached hydrogens (tertiary/aromatic N) is 1. The maximum atomic E-state index is 5.45. The molecule has 4 nitrogen and oxygen atoms in total. The third-order valence-electron chi connectivity index (χ3n) is 5.24. The highest BCUT2D eigenvalue weighted by molar-refractivity contribution is 5.51. The Morgan fingerprint density at radius 1 is 1.08 bits per heavy atom. The van der Waals surface area contributed by atoms with E-state index in [2.05, 4.69) is 59.6 Å². The summed E-state index contributed by atoms with van der Waals surface area (Å²) >= 11 is 0. The smallest absolute Gasteiger partial charge is 0.119 e. The lowest BCUT2D eigenvalue weighted by Gasteiger charge is -2.33. The van der Waals surface area contributed by atoms with Gasteiger partial charge in [0.2, 0.25) is 0 Å². The number of benzene rings is 2. The molecule has 1 N–H and O–H groups in total. The lowest BCUT2D eigenvalue weighted by Crippen LogP contribution is -2.38. The number of hydrogen-bond acceptors (Lipinski definition) is 4. The lowest BCUT2D eigenvalue weighted by molar-refractivity contribution is 0.122. The molecule has 0 bridgehead atoms. The molecule has 132 valence electrons. The first-order chi connectivity index (χ1) is 12.2. The van der Waals surface area contributed by atoms with Crippen molar-refractivity contribution in [2.75, 3.05) is 38.3 Å². The van der Waals surface area contributed by atoms with Crippen LogP contribution in [0.25, 0.3) is 0 Å². The van der Waals surface area contributed by atoms with Crippen LogP contribution >= 0.6 is 0 Å². The van der Waals surface area contributed by atoms with Crippen LogP contribution in [-0.2, 0) is 11.2 Å². The third kappa shape index (κ3) is 3.37. The van der Waals surface area contributed by atoms with E-state index in [1.165, 1.54) is 22.4 Å². The van der Waals surface area contributed by atoms with Crippen molar-refractivity contribution in [3.63, 3.8) is 0 Å². The van der Waals surface area contributed by atoms with Crippen molar-refractivity contribution in [1.82, 2.24) is 5.32 Å². The van der Waals surface area contributed by atoms with Crippen molar-refractivity contribution in [1.29, 1.82) is 0 Å². The molecule has 2 aliphatic heterocycles. The summed E-state index contributed by atoms with van der Waals surface area (Å²) in [4.78, 5) is 2.39. The Kier molecular flexibility index (Phi) is 4.64. The monoisotopic (exact) mass is 338 g/mol. The number of ether oxygens (including phenoxy) is 2. The van der Waals surface area contributed by atoms with Crippen LogP contribution in [0.1, 0.15) is 29.7 Å². The highest BCUT2D eigenvalue weighted by Gasteiger charge is 2.25. The van der Waals surface area contributed by atoms with Gasteiger partial charge in [0.1, 0.15) is 5.75 Å². The van der Waals surface area contributed by atoms with E-state index in [4.69, 9.17) is 9.47 Å². The summed E-state index contributed by atoms with van der Waals surface area (Å²) in [5, 5.41) is 3.75. The molecule has 1 fully saturated rings. The molecule has 0 radical (unpaired) electrons. The van der Waals surface area contributed by atoms with Gasteiger partial charge in [0.05, 0.1) is 26.4 Å². The van der Waals surface area contributed by atoms with E-state index >= 15 is 0 Å². The maximum Gasteiger partial charge on any atom is 0.119 e. The van der Waals surface area contributed by atoms with Crippen molar-refractivity contribution < 1.29 is 9.47 Å². The van der Waals surface area contributed by atoms with Gasteiger partial charge in [-0.3, -0.25) is 0 Å². The molecule has 2 aliphatic rings. The van der Waals surface area contributed by atoms with E-state index in [0.717, 1.165) is 38.5 Å². The summed E-state index contributed by atoms with van der Waals surface area (Å²) in [6.07, 6.45) is 1.04. The molecule has 1 saturated heterocycles. The Hall–Kier alpha value is -2.04. The molecule has 25 heavy (non-hydrogen) atoms. The molecule has 0 amide bonds. The zero-order valence-electron chi connectivity index (χ0n) is 15.0. The van der Waals surface area contributed by atoms with Gasteiger partial charge in [-0.15, -0.1) is 0 Å². The highest BCUT2D eigenvalue weighted by atomic mass is 16.5. The average molecular weight is 338 g/mol. The van der Waals surface area contributed by atoms with Crippen LogP contribution in [0.2, 0.25) is 0 Å². The zero-order valence-corrected chi connectivity index (χ0v) is 15.0. The van der Waals surface area contributed by atoms with Gasteiger partial charge in [-0.1, -0.05) is 18.2 Å². The number of hydrogen-bond donors (Lipinski definition) is 1. The minimum Gasteiger partial charge on any atom is -0.497 e. The minimum absolute atomic E-state index is 0.239. The Morgan fingerprint density at radius 2 is 1.84 bits per heavy atom. The molecule has 0 saturated carbocycles. The fourth-order valence-corrected chi connectivity index (χ4v) is 3.91. The maximum absolute atomic E-state index is 5.45. The largest absolute Gasteiger partial charge is 0.497 e. The predicted molar refractivity (Wildman–Crippen MR) is 101 cm³/mol. The molecular weight excluding hydrogens is 312 g/mol. The summed E-state index contributed by atoms with van der Waals surface area (Å²) < 4.78 is 10.9. The molecule has 0 aliphatic carbocycles. The summed E-state index contributed by atoms with van der Waals surface area (Å²) in [6, 6.07) is 16.1. The van der Waals surface area contributed by atoms with Crippen LogP contribution in [0.3, 0.4) is 0 Å². The first kappa shape index (κ1) is 16.4. The number of anilines is 1. The van der Waals surface area contributed by atoms with Crippen LogP contribution in [0.15, 0.2) is 42.5 Å². The van der Waals surface area contributed by atoms with E-state index in [1.807, 2.05) is 0 Å². The van der Waals surface area contributed by atoms with Gasteiger partial charge in [0.25, 0.3) is 0 Å². The Balaban J connectivity index is 1.61. The van der Waals surface area contributed by atoms with E-state index in [1.54, 1.807) is 7.11 Å². The van der Waals surface area contributed by atoms with Gasteiger partial charge < -0.3 is 19.7 Å². The highest BCUT2D eigenvalue weighted by Crippen LogP contribution is 2.33. The number of morpholine rings is 1. The van der Waals surface area contributed by atoms with Crippen LogP contribution in [0.4, 0.5) is 5.69 Å². The van der Waals surface area contributed by atoms with Crippen molar-refractivity contribution in [3.8, 4) is 5.75 Å². The van der Waals surface area contributed by atoms with Crippen molar-refractivity contribution in [2.45, 2.75) is 25.4 Å². The summed E-state index contributed by atoms with van der Waals surface area (Å²) in [5.74, 6) is 0.939. The fraction of sp³-hybridized carbons (Fsp3) is 0.429. The number of methoxy groups -OCH3 is 1. The van der Waals surface area contributed by atoms with Crippen molar-refractivity contribution in [3.05, 3.63) is 59.2 Å². The molecule has 2 atom stereocenters. The predicted octanol–water partition coefficient (Wildman–Crippen LogP) is 3.16. The minimum atomic E-state index is 0.239. The normalized spacial score (nSPS) is 23.2. The molecule has 0 spiro atoms. The topological polar surface area (TPSA) is 33.7 Å². The second-order valence-electron chi connectivity index (χ2n) is 6.96. The number of nitrogens with one attached hydrogen (secondary N) is 1. The molecule has 4 heteroatoms. The molecule has 2 heterocycles. The van der Waals surface area contributed by atoms with Gasteiger partial charge in [-0.2, -0.15) is 0 Å². The van der Waals surface area contributed by atoms with Crippen molar-refractivity contribution >= 4 is 5.69 Å². The van der Waals surface area contributed by atoms with Crippen LogP contribution in [0, 0.1) is 0 Å². The number of rotatable bonds is 3. The second-order valence-corrected chi connectivity index (χ2v) is 6.96. The SMILES string of the molecule is COc1ccc2c(c1)C[C@H](C)N[C@H]2c1ccc(N2CCOCC2)cc1. The molecule has 0 aromatic heterocycles. The molecule has 2 aromatic rings. The van der Waals surface area contributed by atoms with E-state index < -0.39 is 0 Å². The average Bonchev–Trinajstić information content (AvgIpc) is 2.67. The lowest BCUT2D eigenvalue weighted by atomic mass is 9.87. The van der Waals surface area contributed by atoms with E-state index in [9.17, 15) is 0 Å². The third-order valence-corrected chi connectivity index (χ3v) is 5.24. The summed E-state index contributed by atoms with van der Waals surface area (Å²) in [5.41, 5.74) is 5.34. The van der Waals surface area contributed by atoms with Gasteiger partial charge in [-0.05, 0) is 54.3 Å². The van der Waals surface area contributed by atoms with E-state index in [0.29, 0.717) is 6.04 Å². The Labute approximate surface area is 149 Å². The zero-order chi connectivity index (χ0) is 17.2. The number of fused-ring (bicyclic) bond motifs is 1. The van der Waals surface area contributed by atoms with Crippen molar-refractivity contribution in [2.24, 2.45) is 0 Å². The summed E-state index contributed by atoms with van der Waals surface area (Å²) in [7, 11) is 1.73. The first-order valence-electron chi connectivity index (χ1n) is 9.10. The Bertz CT molecular complexity index is 723. The molecule has 0 unspecified atom stereocenters. The molecule has 2 aromatic carbocycles. The van der Waals surface area contributed by atoms with Crippen LogP contribution in [0.5, 0.6) is 5.75 Å². The van der Waals surface area contributed by atoms with Crippen LogP contribution < -0.4 is 15.0 Å². The second kappa shape index (κ2) is 7.06. The van der Waals surface area contributed by atoms with Gasteiger partial charge in [0, 0.05) is 24.8 Å². The van der Waals surface area contributed by atoms with Gasteiger partial charge in [-0.25, -0.2) is 0 Å². The first-order valence-corrected chi connectivity index (χ1v) is 9.10. The van der Waals surface area contributed by atoms with Gasteiger partial charge in [0.15, 0.2) is 0 Å². The standard InChI is InChI=1S/C21H26N2O2/c1-15-13-17-14-19(24-2)7-8-20(17)21(22-15)16-3-5-18(6-4-16)23-9-11-25-12-10-23/h3-8,14-15,21-22H,9-13H2,1-2H3/t15-,21-/m0/s1. The van der Waals surface area contributed by atoms with Crippen LogP contribution in [-0.4, -0.2) is 39.5 Å². The molecule has 4 rings (SSSR count). The quantitative estimate of drug-likeness (QED) is 0.932. The Morgan fingerprint density at radius 3 is 2.56 bits per heavy atom.